The number of benzene rings is 1. The van der Waals surface area contributed by atoms with Crippen molar-refractivity contribution in [2.24, 2.45) is 5.92 Å². The fourth-order valence-electron chi connectivity index (χ4n) is 2.60. The number of hydrogen-bond donors (Lipinski definition) is 3. The molecule has 2 rings (SSSR count). The van der Waals surface area contributed by atoms with Gasteiger partial charge >= 0.3 is 0 Å². The number of carbonyl (C=O) groups excluding carboxylic acids is 2. The van der Waals surface area contributed by atoms with Crippen LogP contribution in [0, 0.1) is 16.0 Å². The van der Waals surface area contributed by atoms with Crippen LogP contribution < -0.4 is 16.0 Å². The number of piperidine rings is 1. The third kappa shape index (κ3) is 6.32. The first-order valence-electron chi connectivity index (χ1n) is 8.01. The molecule has 138 valence electrons. The summed E-state index contributed by atoms with van der Waals surface area (Å²) in [5, 5.41) is 19.4. The van der Waals surface area contributed by atoms with E-state index in [0.29, 0.717) is 12.5 Å². The molecule has 0 saturated carbocycles. The van der Waals surface area contributed by atoms with E-state index in [4.69, 9.17) is 0 Å². The second-order valence-corrected chi connectivity index (χ2v) is 5.96. The maximum atomic E-state index is 12.1. The van der Waals surface area contributed by atoms with E-state index < -0.39 is 16.9 Å². The molecule has 3 N–H and O–H groups in total. The summed E-state index contributed by atoms with van der Waals surface area (Å²) >= 11 is 0. The van der Waals surface area contributed by atoms with E-state index in [1.807, 2.05) is 0 Å². The van der Waals surface area contributed by atoms with E-state index in [9.17, 15) is 19.7 Å². The summed E-state index contributed by atoms with van der Waals surface area (Å²) in [7, 11) is 0. The number of amides is 2. The summed E-state index contributed by atoms with van der Waals surface area (Å²) in [4.78, 5) is 34.4. The molecule has 1 heterocycles. The molecule has 0 spiro atoms. The van der Waals surface area contributed by atoms with Crippen molar-refractivity contribution >= 4 is 29.9 Å². The van der Waals surface area contributed by atoms with Crippen LogP contribution in [0.3, 0.4) is 0 Å². The molecule has 2 amide bonds. The minimum absolute atomic E-state index is 0. The molecule has 2 unspecified atom stereocenters. The third-order valence-electron chi connectivity index (χ3n) is 4.02. The Balaban J connectivity index is 0.00000312. The number of nitro groups is 1. The summed E-state index contributed by atoms with van der Waals surface area (Å²) in [6.45, 7) is 4.06. The Labute approximate surface area is 152 Å². The van der Waals surface area contributed by atoms with Crippen LogP contribution in [0.2, 0.25) is 0 Å². The highest BCUT2D eigenvalue weighted by Gasteiger charge is 2.20. The first-order chi connectivity index (χ1) is 11.5. The van der Waals surface area contributed by atoms with Gasteiger partial charge in [0.05, 0.1) is 4.92 Å². The normalized spacial score (nSPS) is 17.7. The molecule has 1 aromatic carbocycles. The molecule has 1 aromatic rings. The van der Waals surface area contributed by atoms with Gasteiger partial charge in [-0.3, -0.25) is 19.7 Å². The Morgan fingerprint density at radius 2 is 2.20 bits per heavy atom. The van der Waals surface area contributed by atoms with Crippen molar-refractivity contribution in [3.05, 3.63) is 39.9 Å². The largest absolute Gasteiger partial charge is 0.354 e. The molecular weight excluding hydrogens is 348 g/mol. The van der Waals surface area contributed by atoms with Crippen molar-refractivity contribution < 1.29 is 14.5 Å². The quantitative estimate of drug-likeness (QED) is 0.515. The van der Waals surface area contributed by atoms with Crippen LogP contribution >= 0.6 is 12.4 Å². The number of rotatable bonds is 6. The number of non-ortho nitro benzene ring substituents is 1. The zero-order chi connectivity index (χ0) is 17.5. The molecule has 1 aliphatic heterocycles. The Kier molecular flexibility index (Phi) is 8.30. The topological polar surface area (TPSA) is 113 Å². The first kappa shape index (κ1) is 20.9. The van der Waals surface area contributed by atoms with Crippen molar-refractivity contribution in [3.8, 4) is 0 Å². The highest BCUT2D eigenvalue weighted by molar-refractivity contribution is 5.97. The molecule has 1 fully saturated rings. The smallest absolute Gasteiger partial charge is 0.270 e. The van der Waals surface area contributed by atoms with Crippen LogP contribution in [0.15, 0.2) is 24.3 Å². The molecule has 25 heavy (non-hydrogen) atoms. The van der Waals surface area contributed by atoms with Gasteiger partial charge in [0.1, 0.15) is 6.04 Å². The summed E-state index contributed by atoms with van der Waals surface area (Å²) in [6.07, 6.45) is 2.17. The van der Waals surface area contributed by atoms with Gasteiger partial charge in [-0.25, -0.2) is 0 Å². The van der Waals surface area contributed by atoms with Crippen molar-refractivity contribution in [2.75, 3.05) is 19.6 Å². The summed E-state index contributed by atoms with van der Waals surface area (Å²) < 4.78 is 0. The minimum Gasteiger partial charge on any atom is -0.354 e. The summed E-state index contributed by atoms with van der Waals surface area (Å²) in [5.41, 5.74) is -0.00937. The predicted octanol–water partition coefficient (Wildman–Crippen LogP) is 1.25. The van der Waals surface area contributed by atoms with E-state index in [-0.39, 0.29) is 29.6 Å². The van der Waals surface area contributed by atoms with Crippen LogP contribution in [0.25, 0.3) is 0 Å². The van der Waals surface area contributed by atoms with Gasteiger partial charge in [-0.05, 0) is 44.8 Å². The van der Waals surface area contributed by atoms with Gasteiger partial charge in [-0.15, -0.1) is 12.4 Å². The van der Waals surface area contributed by atoms with Crippen molar-refractivity contribution in [3.63, 3.8) is 0 Å². The van der Waals surface area contributed by atoms with Crippen LogP contribution in [0.4, 0.5) is 5.69 Å². The fourth-order valence-corrected chi connectivity index (χ4v) is 2.60. The predicted molar refractivity (Wildman–Crippen MR) is 95.9 cm³/mol. The molecule has 1 saturated heterocycles. The maximum absolute atomic E-state index is 12.1. The lowest BCUT2D eigenvalue weighted by molar-refractivity contribution is -0.384. The van der Waals surface area contributed by atoms with Crippen LogP contribution in [-0.4, -0.2) is 42.4 Å². The average molecular weight is 371 g/mol. The molecule has 8 nitrogen and oxygen atoms in total. The Morgan fingerprint density at radius 1 is 1.44 bits per heavy atom. The number of nitrogens with zero attached hydrogens (tertiary/aromatic N) is 1. The van der Waals surface area contributed by atoms with Crippen molar-refractivity contribution in [1.29, 1.82) is 0 Å². The van der Waals surface area contributed by atoms with E-state index in [2.05, 4.69) is 16.0 Å². The highest BCUT2D eigenvalue weighted by atomic mass is 35.5. The van der Waals surface area contributed by atoms with Gasteiger partial charge in [0.15, 0.2) is 0 Å². The van der Waals surface area contributed by atoms with Crippen LogP contribution in [0.5, 0.6) is 0 Å². The van der Waals surface area contributed by atoms with Gasteiger partial charge in [0, 0.05) is 24.2 Å². The number of halogens is 1. The highest BCUT2D eigenvalue weighted by Crippen LogP contribution is 2.13. The van der Waals surface area contributed by atoms with Crippen molar-refractivity contribution in [1.82, 2.24) is 16.0 Å². The second kappa shape index (κ2) is 9.95. The van der Waals surface area contributed by atoms with E-state index in [1.165, 1.54) is 24.3 Å². The number of carbonyl (C=O) groups is 2. The monoisotopic (exact) mass is 370 g/mol. The number of nitro benzene ring substituents is 1. The summed E-state index contributed by atoms with van der Waals surface area (Å²) in [6, 6.07) is 4.70. The third-order valence-corrected chi connectivity index (χ3v) is 4.02. The number of hydrogen-bond acceptors (Lipinski definition) is 5. The van der Waals surface area contributed by atoms with Crippen molar-refractivity contribution in [2.45, 2.75) is 25.8 Å². The molecule has 0 bridgehead atoms. The lowest BCUT2D eigenvalue weighted by Crippen LogP contribution is -2.47. The average Bonchev–Trinajstić information content (AvgIpc) is 2.60. The lowest BCUT2D eigenvalue weighted by Gasteiger charge is -2.23. The molecule has 0 aliphatic carbocycles. The fraction of sp³-hybridized carbons (Fsp3) is 0.500. The van der Waals surface area contributed by atoms with Gasteiger partial charge < -0.3 is 16.0 Å². The second-order valence-electron chi connectivity index (χ2n) is 5.96. The molecule has 2 atom stereocenters. The van der Waals surface area contributed by atoms with Crippen LogP contribution in [-0.2, 0) is 4.79 Å². The van der Waals surface area contributed by atoms with Gasteiger partial charge in [0.25, 0.3) is 11.6 Å². The molecule has 0 radical (unpaired) electrons. The van der Waals surface area contributed by atoms with Gasteiger partial charge in [-0.1, -0.05) is 6.07 Å². The van der Waals surface area contributed by atoms with Gasteiger partial charge in [0.2, 0.25) is 5.91 Å². The Hall–Kier alpha value is -2.19. The van der Waals surface area contributed by atoms with Crippen LogP contribution in [0.1, 0.15) is 30.1 Å². The maximum Gasteiger partial charge on any atom is 0.270 e. The molecule has 9 heteroatoms. The van der Waals surface area contributed by atoms with E-state index in [1.54, 1.807) is 6.92 Å². The standard InChI is InChI=1S/C16H22N4O4.ClH/c1-11(15(21)18-10-12-4-3-7-17-9-12)19-16(22)13-5-2-6-14(8-13)20(23)24;/h2,5-6,8,11-12,17H,3-4,7,9-10H2,1H3,(H,18,21)(H,19,22);1H. The lowest BCUT2D eigenvalue weighted by atomic mass is 10.00. The SMILES string of the molecule is CC(NC(=O)c1cccc([N+](=O)[O-])c1)C(=O)NCC1CCCNC1.Cl. The number of nitrogens with one attached hydrogen (secondary N) is 3. The first-order valence-corrected chi connectivity index (χ1v) is 8.01. The Bertz CT molecular complexity index is 620. The minimum atomic E-state index is -0.715. The molecular formula is C16H23ClN4O4. The zero-order valence-electron chi connectivity index (χ0n) is 14.0. The van der Waals surface area contributed by atoms with E-state index in [0.717, 1.165) is 25.9 Å². The van der Waals surface area contributed by atoms with E-state index >= 15 is 0 Å². The van der Waals surface area contributed by atoms with Gasteiger partial charge in [-0.2, -0.15) is 0 Å². The Morgan fingerprint density at radius 3 is 2.84 bits per heavy atom. The molecule has 1 aliphatic rings. The molecule has 0 aromatic heterocycles. The zero-order valence-corrected chi connectivity index (χ0v) is 14.8. The summed E-state index contributed by atoms with van der Waals surface area (Å²) in [5.74, 6) is -0.373.